The fourth-order valence-corrected chi connectivity index (χ4v) is 7.88. The number of oxazole rings is 1. The van der Waals surface area contributed by atoms with Gasteiger partial charge in [0.25, 0.3) is 0 Å². The number of piperazine rings is 1. The van der Waals surface area contributed by atoms with E-state index in [2.05, 4.69) is 60.2 Å². The molecule has 49 heavy (non-hydrogen) atoms. The second kappa shape index (κ2) is 12.6. The molecule has 3 atom stereocenters. The number of rotatable bonds is 7. The number of imidazole rings is 2. The minimum absolute atomic E-state index is 0.0995. The minimum atomic E-state index is -0.301. The Morgan fingerprint density at radius 2 is 1.73 bits per heavy atom. The van der Waals surface area contributed by atoms with Gasteiger partial charge < -0.3 is 29.5 Å². The lowest BCUT2D eigenvalue weighted by molar-refractivity contribution is -0.139. The van der Waals surface area contributed by atoms with E-state index >= 15 is 0 Å². The lowest BCUT2D eigenvalue weighted by Gasteiger charge is -2.39. The van der Waals surface area contributed by atoms with Gasteiger partial charge >= 0.3 is 0 Å². The summed E-state index contributed by atoms with van der Waals surface area (Å²) in [6, 6.07) is 22.3. The van der Waals surface area contributed by atoms with Gasteiger partial charge in [-0.3, -0.25) is 9.69 Å². The normalized spacial score (nSPS) is 21.3. The van der Waals surface area contributed by atoms with Crippen LogP contribution in [0.3, 0.4) is 0 Å². The molecule has 0 unspecified atom stereocenters. The van der Waals surface area contributed by atoms with Crippen molar-refractivity contribution in [2.75, 3.05) is 46.3 Å². The third-order valence-electron chi connectivity index (χ3n) is 10.5. The Labute approximate surface area is 284 Å². The first-order valence-electron chi connectivity index (χ1n) is 17.6. The second-order valence-corrected chi connectivity index (χ2v) is 13.7. The van der Waals surface area contributed by atoms with E-state index in [-0.39, 0.29) is 24.0 Å². The molecule has 3 aliphatic heterocycles. The number of hydrogen-bond donors (Lipinski definition) is 3. The van der Waals surface area contributed by atoms with Gasteiger partial charge in [0.15, 0.2) is 5.76 Å². The molecule has 11 heteroatoms. The Balaban J connectivity index is 0.981. The van der Waals surface area contributed by atoms with Gasteiger partial charge in [0.1, 0.15) is 23.2 Å². The number of fused-ring (bicyclic) bond motifs is 2. The van der Waals surface area contributed by atoms with Crippen LogP contribution in [0.5, 0.6) is 0 Å². The van der Waals surface area contributed by atoms with E-state index in [9.17, 15) is 4.79 Å². The Kier molecular flexibility index (Phi) is 7.75. The third-order valence-corrected chi connectivity index (χ3v) is 10.5. The molecule has 0 radical (unpaired) electrons. The van der Waals surface area contributed by atoms with Gasteiger partial charge in [0, 0.05) is 38.3 Å². The SMILES string of the molecule is CN1CCN([C@@H](C(=O)N2CCC[C@H]2c2nc3ccc(-c4cnc(-c5cccc6[nH]c([C@@H]7CCCN7)nc56)o4)cc3[nH]2)c2ccccc2)CC1. The Morgan fingerprint density at radius 3 is 2.57 bits per heavy atom. The van der Waals surface area contributed by atoms with E-state index in [4.69, 9.17) is 14.4 Å². The van der Waals surface area contributed by atoms with Crippen molar-refractivity contribution >= 4 is 28.0 Å². The van der Waals surface area contributed by atoms with Gasteiger partial charge in [-0.1, -0.05) is 36.4 Å². The lowest BCUT2D eigenvalue weighted by atomic mass is 10.0. The molecule has 0 aliphatic carbocycles. The van der Waals surface area contributed by atoms with Crippen molar-refractivity contribution in [1.82, 2.24) is 44.9 Å². The maximum Gasteiger partial charge on any atom is 0.245 e. The van der Waals surface area contributed by atoms with E-state index in [1.165, 1.54) is 0 Å². The second-order valence-electron chi connectivity index (χ2n) is 13.7. The Hall–Kier alpha value is -4.84. The first-order chi connectivity index (χ1) is 24.1. The number of aromatic nitrogens is 5. The van der Waals surface area contributed by atoms with Gasteiger partial charge in [-0.25, -0.2) is 15.0 Å². The van der Waals surface area contributed by atoms with Crippen molar-refractivity contribution in [3.8, 4) is 22.8 Å². The summed E-state index contributed by atoms with van der Waals surface area (Å²) in [5.41, 5.74) is 6.45. The van der Waals surface area contributed by atoms with Crippen LogP contribution < -0.4 is 5.32 Å². The topological polar surface area (TPSA) is 122 Å². The Bertz CT molecular complexity index is 2100. The summed E-state index contributed by atoms with van der Waals surface area (Å²) in [6.07, 6.45) is 5.84. The highest BCUT2D eigenvalue weighted by atomic mass is 16.4. The third kappa shape index (κ3) is 5.61. The zero-order chi connectivity index (χ0) is 32.9. The number of nitrogens with zero attached hydrogens (tertiary/aromatic N) is 6. The molecule has 3 saturated heterocycles. The van der Waals surface area contributed by atoms with Crippen molar-refractivity contribution < 1.29 is 9.21 Å². The number of aromatic amines is 2. The fraction of sp³-hybridized carbons (Fsp3) is 0.368. The number of amides is 1. The van der Waals surface area contributed by atoms with Crippen LogP contribution in [0.25, 0.3) is 44.8 Å². The van der Waals surface area contributed by atoms with Crippen molar-refractivity contribution in [3.63, 3.8) is 0 Å². The van der Waals surface area contributed by atoms with Crippen LogP contribution >= 0.6 is 0 Å². The Morgan fingerprint density at radius 1 is 0.878 bits per heavy atom. The molecule has 6 aromatic rings. The smallest absolute Gasteiger partial charge is 0.245 e. The van der Waals surface area contributed by atoms with E-state index in [0.717, 1.165) is 115 Å². The van der Waals surface area contributed by atoms with Crippen LogP contribution in [-0.4, -0.2) is 91.8 Å². The number of nitrogens with one attached hydrogen (secondary N) is 3. The van der Waals surface area contributed by atoms with Crippen molar-refractivity contribution in [2.24, 2.45) is 0 Å². The highest BCUT2D eigenvalue weighted by Crippen LogP contribution is 2.37. The monoisotopic (exact) mass is 655 g/mol. The number of para-hydroxylation sites is 1. The molecule has 3 N–H and O–H groups in total. The first kappa shape index (κ1) is 30.2. The minimum Gasteiger partial charge on any atom is -0.436 e. The highest BCUT2D eigenvalue weighted by molar-refractivity contribution is 5.90. The fourth-order valence-electron chi connectivity index (χ4n) is 7.88. The van der Waals surface area contributed by atoms with Gasteiger partial charge in [0.05, 0.1) is 40.4 Å². The van der Waals surface area contributed by atoms with E-state index in [0.29, 0.717) is 11.7 Å². The quantitative estimate of drug-likeness (QED) is 0.196. The predicted molar refractivity (Wildman–Crippen MR) is 189 cm³/mol. The maximum absolute atomic E-state index is 14.4. The average Bonchev–Trinajstić information content (AvgIpc) is 3.98. The molecule has 3 aliphatic rings. The number of likely N-dealkylation sites (N-methyl/N-ethyl adjacent to an activating group) is 1. The summed E-state index contributed by atoms with van der Waals surface area (Å²) in [6.45, 7) is 5.39. The first-order valence-corrected chi connectivity index (χ1v) is 17.6. The standard InChI is InChI=1S/C38H41N9O2/c1-45-18-20-46(21-19-45)34(24-8-3-2-4-9-24)38(48)47-17-7-13-31(47)36-41-27-15-14-25(22-30(27)43-36)32-23-40-37(49-32)26-10-5-11-28-33(26)44-35(42-28)29-12-6-16-39-29/h2-5,8-11,14-15,22-23,29,31,34,39H,6-7,12-13,16-21H2,1H3,(H,41,43)(H,42,44)/t29-,31-,34+/m0/s1. The molecule has 3 fully saturated rings. The molecule has 0 bridgehead atoms. The number of carbonyl (C=O) groups is 1. The molecular weight excluding hydrogens is 614 g/mol. The largest absolute Gasteiger partial charge is 0.436 e. The van der Waals surface area contributed by atoms with Crippen molar-refractivity contribution in [1.29, 1.82) is 0 Å². The molecule has 9 rings (SSSR count). The predicted octanol–water partition coefficient (Wildman–Crippen LogP) is 5.84. The van der Waals surface area contributed by atoms with Gasteiger partial charge in [-0.15, -0.1) is 0 Å². The van der Waals surface area contributed by atoms with Crippen LogP contribution in [-0.2, 0) is 4.79 Å². The zero-order valence-electron chi connectivity index (χ0n) is 27.7. The molecule has 0 saturated carbocycles. The van der Waals surface area contributed by atoms with Crippen LogP contribution in [0.1, 0.15) is 61.0 Å². The van der Waals surface area contributed by atoms with E-state index in [1.54, 1.807) is 6.20 Å². The zero-order valence-corrected chi connectivity index (χ0v) is 27.7. The molecule has 3 aromatic carbocycles. The summed E-state index contributed by atoms with van der Waals surface area (Å²) >= 11 is 0. The van der Waals surface area contributed by atoms with E-state index in [1.807, 2.05) is 48.5 Å². The van der Waals surface area contributed by atoms with Gasteiger partial charge in [-0.05, 0) is 75.2 Å². The molecule has 1 amide bonds. The van der Waals surface area contributed by atoms with Crippen LogP contribution in [0, 0.1) is 0 Å². The van der Waals surface area contributed by atoms with Gasteiger partial charge in [-0.2, -0.15) is 0 Å². The molecule has 250 valence electrons. The number of H-pyrrole nitrogens is 2. The number of hydrogen-bond acceptors (Lipinski definition) is 8. The lowest BCUT2D eigenvalue weighted by Crippen LogP contribution is -2.50. The van der Waals surface area contributed by atoms with Gasteiger partial charge in [0.2, 0.25) is 11.8 Å². The van der Waals surface area contributed by atoms with Crippen molar-refractivity contribution in [2.45, 2.75) is 43.8 Å². The van der Waals surface area contributed by atoms with Crippen LogP contribution in [0.4, 0.5) is 0 Å². The summed E-state index contributed by atoms with van der Waals surface area (Å²) in [5.74, 6) is 3.17. The maximum atomic E-state index is 14.4. The number of benzene rings is 3. The van der Waals surface area contributed by atoms with Crippen molar-refractivity contribution in [3.05, 3.63) is 90.1 Å². The summed E-state index contributed by atoms with van der Waals surface area (Å²) < 4.78 is 6.36. The molecule has 11 nitrogen and oxygen atoms in total. The summed E-state index contributed by atoms with van der Waals surface area (Å²) in [7, 11) is 2.15. The summed E-state index contributed by atoms with van der Waals surface area (Å²) in [5, 5.41) is 3.52. The van der Waals surface area contributed by atoms with E-state index < -0.39 is 0 Å². The van der Waals surface area contributed by atoms with Crippen LogP contribution in [0.2, 0.25) is 0 Å². The molecule has 3 aromatic heterocycles. The average molecular weight is 656 g/mol. The molecule has 0 spiro atoms. The van der Waals surface area contributed by atoms with Crippen LogP contribution in [0.15, 0.2) is 77.3 Å². The highest BCUT2D eigenvalue weighted by Gasteiger charge is 2.39. The number of likely N-dealkylation sites (tertiary alicyclic amines) is 1. The molecule has 6 heterocycles. The summed E-state index contributed by atoms with van der Waals surface area (Å²) in [4.78, 5) is 42.9. The number of carbonyl (C=O) groups excluding carboxylic acids is 1. The molecular formula is C38H41N9O2.